The van der Waals surface area contributed by atoms with Crippen LogP contribution in [-0.4, -0.2) is 33.4 Å². The van der Waals surface area contributed by atoms with Crippen molar-refractivity contribution in [2.45, 2.75) is 46.1 Å². The maximum Gasteiger partial charge on any atom is 0.253 e. The molecule has 0 spiro atoms. The number of aryl methyl sites for hydroxylation is 1. The van der Waals surface area contributed by atoms with E-state index >= 15 is 0 Å². The second-order valence-electron chi connectivity index (χ2n) is 7.44. The highest BCUT2D eigenvalue weighted by Gasteiger charge is 2.26. The molecule has 1 amide bonds. The van der Waals surface area contributed by atoms with Gasteiger partial charge in [-0.25, -0.2) is 4.98 Å². The van der Waals surface area contributed by atoms with Gasteiger partial charge in [0, 0.05) is 43.0 Å². The van der Waals surface area contributed by atoms with Crippen molar-refractivity contribution in [3.63, 3.8) is 0 Å². The molecule has 0 bridgehead atoms. The van der Waals surface area contributed by atoms with Gasteiger partial charge in [-0.2, -0.15) is 5.26 Å². The lowest BCUT2D eigenvalue weighted by Crippen LogP contribution is -2.40. The Bertz CT molecular complexity index is 831. The molecule has 2 aromatic rings. The normalized spacial score (nSPS) is 17.3. The fraction of sp³-hybridized carbons (Fsp3) is 0.476. The summed E-state index contributed by atoms with van der Waals surface area (Å²) >= 11 is 0. The summed E-state index contributed by atoms with van der Waals surface area (Å²) in [4.78, 5) is 19.4. The van der Waals surface area contributed by atoms with Gasteiger partial charge in [0.15, 0.2) is 0 Å². The van der Waals surface area contributed by atoms with Crippen LogP contribution in [0.25, 0.3) is 0 Å². The zero-order valence-electron chi connectivity index (χ0n) is 15.8. The number of likely N-dealkylation sites (tertiary alicyclic amines) is 1. The number of carbonyl (C=O) groups excluding carboxylic acids is 1. The lowest BCUT2D eigenvalue weighted by Gasteiger charge is -2.33. The van der Waals surface area contributed by atoms with Crippen LogP contribution >= 0.6 is 0 Å². The number of carbonyl (C=O) groups is 1. The minimum Gasteiger partial charge on any atom is -0.338 e. The average Bonchev–Trinajstić information content (AvgIpc) is 3.01. The van der Waals surface area contributed by atoms with Crippen molar-refractivity contribution in [2.24, 2.45) is 5.92 Å². The number of nitrogens with zero attached hydrogens (tertiary/aromatic N) is 4. The van der Waals surface area contributed by atoms with Crippen LogP contribution in [0.3, 0.4) is 0 Å². The summed E-state index contributed by atoms with van der Waals surface area (Å²) in [6.45, 7) is 7.98. The fourth-order valence-electron chi connectivity index (χ4n) is 3.93. The van der Waals surface area contributed by atoms with Crippen LogP contribution < -0.4 is 0 Å². The quantitative estimate of drug-likeness (QED) is 0.844. The summed E-state index contributed by atoms with van der Waals surface area (Å²) in [6.07, 6.45) is 4.96. The van der Waals surface area contributed by atoms with Gasteiger partial charge < -0.3 is 9.47 Å². The van der Waals surface area contributed by atoms with Crippen LogP contribution in [0.1, 0.15) is 60.2 Å². The summed E-state index contributed by atoms with van der Waals surface area (Å²) < 4.78 is 2.29. The van der Waals surface area contributed by atoms with Crippen molar-refractivity contribution in [3.8, 4) is 6.07 Å². The number of hydrogen-bond acceptors (Lipinski definition) is 3. The minimum atomic E-state index is 0.0233. The van der Waals surface area contributed by atoms with Gasteiger partial charge in [-0.3, -0.25) is 4.79 Å². The first-order chi connectivity index (χ1) is 12.5. The molecule has 0 radical (unpaired) electrons. The molecule has 26 heavy (non-hydrogen) atoms. The Morgan fingerprint density at radius 3 is 2.96 bits per heavy atom. The topological polar surface area (TPSA) is 61.9 Å². The van der Waals surface area contributed by atoms with Gasteiger partial charge in [-0.05, 0) is 57.7 Å². The van der Waals surface area contributed by atoms with Crippen molar-refractivity contribution >= 4 is 5.91 Å². The van der Waals surface area contributed by atoms with Crippen LogP contribution in [-0.2, 0) is 6.42 Å². The average molecular weight is 350 g/mol. The SMILES string of the molecule is Cc1cnc(CC2CCCN(C(=O)c3cccc(C#N)c3)C2)n1C(C)C. The molecule has 1 saturated heterocycles. The fourth-order valence-corrected chi connectivity index (χ4v) is 3.93. The summed E-state index contributed by atoms with van der Waals surface area (Å²) in [5.74, 6) is 1.56. The van der Waals surface area contributed by atoms with Crippen LogP contribution in [0.5, 0.6) is 0 Å². The standard InChI is InChI=1S/C21H26N4O/c1-15(2)25-16(3)13-23-20(25)11-18-7-5-9-24(14-18)21(26)19-8-4-6-17(10-19)12-22/h4,6,8,10,13,15,18H,5,7,9,11,14H2,1-3H3. The molecule has 1 aliphatic heterocycles. The lowest BCUT2D eigenvalue weighted by atomic mass is 9.93. The molecule has 1 fully saturated rings. The van der Waals surface area contributed by atoms with Crippen molar-refractivity contribution in [2.75, 3.05) is 13.1 Å². The van der Waals surface area contributed by atoms with Gasteiger partial charge in [0.25, 0.3) is 5.91 Å². The van der Waals surface area contributed by atoms with Crippen LogP contribution in [0.4, 0.5) is 0 Å². The second kappa shape index (κ2) is 7.74. The molecule has 1 atom stereocenters. The Kier molecular flexibility index (Phi) is 5.41. The minimum absolute atomic E-state index is 0.0233. The van der Waals surface area contributed by atoms with Gasteiger partial charge in [0.2, 0.25) is 0 Å². The van der Waals surface area contributed by atoms with Crippen LogP contribution in [0.15, 0.2) is 30.5 Å². The summed E-state index contributed by atoms with van der Waals surface area (Å²) in [7, 11) is 0. The predicted octanol–water partition coefficient (Wildman–Crippen LogP) is 3.74. The van der Waals surface area contributed by atoms with Crippen LogP contribution in [0, 0.1) is 24.2 Å². The molecule has 1 aliphatic rings. The van der Waals surface area contributed by atoms with E-state index in [0.717, 1.165) is 38.2 Å². The molecule has 0 saturated carbocycles. The van der Waals surface area contributed by atoms with Gasteiger partial charge in [-0.15, -0.1) is 0 Å². The third-order valence-electron chi connectivity index (χ3n) is 5.09. The molecule has 0 N–H and O–H groups in total. The van der Waals surface area contributed by atoms with Gasteiger partial charge in [-0.1, -0.05) is 6.07 Å². The highest BCUT2D eigenvalue weighted by molar-refractivity contribution is 5.94. The summed E-state index contributed by atoms with van der Waals surface area (Å²) in [5, 5.41) is 9.05. The van der Waals surface area contributed by atoms with Gasteiger partial charge in [0.05, 0.1) is 11.6 Å². The van der Waals surface area contributed by atoms with Gasteiger partial charge in [0.1, 0.15) is 5.82 Å². The zero-order chi connectivity index (χ0) is 18.7. The van der Waals surface area contributed by atoms with Crippen molar-refractivity contribution in [1.29, 1.82) is 5.26 Å². The van der Waals surface area contributed by atoms with E-state index in [1.807, 2.05) is 11.1 Å². The summed E-state index contributed by atoms with van der Waals surface area (Å²) in [6, 6.07) is 9.47. The number of piperidine rings is 1. The van der Waals surface area contributed by atoms with E-state index in [9.17, 15) is 4.79 Å². The molecule has 3 rings (SSSR count). The van der Waals surface area contributed by atoms with E-state index in [1.165, 1.54) is 5.69 Å². The number of hydrogen-bond donors (Lipinski definition) is 0. The van der Waals surface area contributed by atoms with E-state index in [1.54, 1.807) is 24.3 Å². The van der Waals surface area contributed by atoms with Crippen molar-refractivity contribution in [3.05, 3.63) is 53.1 Å². The number of aromatic nitrogens is 2. The molecule has 1 aromatic carbocycles. The Morgan fingerprint density at radius 1 is 1.42 bits per heavy atom. The summed E-state index contributed by atoms with van der Waals surface area (Å²) in [5.41, 5.74) is 2.31. The molecule has 5 heteroatoms. The lowest BCUT2D eigenvalue weighted by molar-refractivity contribution is 0.0671. The predicted molar refractivity (Wildman–Crippen MR) is 101 cm³/mol. The van der Waals surface area contributed by atoms with Crippen molar-refractivity contribution in [1.82, 2.24) is 14.5 Å². The third kappa shape index (κ3) is 3.80. The van der Waals surface area contributed by atoms with E-state index in [0.29, 0.717) is 23.1 Å². The monoisotopic (exact) mass is 350 g/mol. The maximum absolute atomic E-state index is 12.8. The van der Waals surface area contributed by atoms with Crippen LogP contribution in [0.2, 0.25) is 0 Å². The zero-order valence-corrected chi connectivity index (χ0v) is 15.8. The first-order valence-corrected chi connectivity index (χ1v) is 9.31. The molecular formula is C21H26N4O. The second-order valence-corrected chi connectivity index (χ2v) is 7.44. The molecule has 2 heterocycles. The first kappa shape index (κ1) is 18.2. The Balaban J connectivity index is 1.71. The van der Waals surface area contributed by atoms with E-state index < -0.39 is 0 Å². The highest BCUT2D eigenvalue weighted by atomic mass is 16.2. The van der Waals surface area contributed by atoms with E-state index in [-0.39, 0.29) is 5.91 Å². The number of imidazole rings is 1. The van der Waals surface area contributed by atoms with E-state index in [4.69, 9.17) is 5.26 Å². The highest BCUT2D eigenvalue weighted by Crippen LogP contribution is 2.24. The number of benzene rings is 1. The first-order valence-electron chi connectivity index (χ1n) is 9.31. The number of nitriles is 1. The molecule has 0 aliphatic carbocycles. The molecule has 136 valence electrons. The molecular weight excluding hydrogens is 324 g/mol. The smallest absolute Gasteiger partial charge is 0.253 e. The molecule has 1 aromatic heterocycles. The molecule has 1 unspecified atom stereocenters. The Labute approximate surface area is 155 Å². The largest absolute Gasteiger partial charge is 0.338 e. The number of amides is 1. The number of rotatable bonds is 4. The maximum atomic E-state index is 12.8. The van der Waals surface area contributed by atoms with Crippen molar-refractivity contribution < 1.29 is 4.79 Å². The molecule has 5 nitrogen and oxygen atoms in total. The van der Waals surface area contributed by atoms with E-state index in [2.05, 4.69) is 36.4 Å². The Morgan fingerprint density at radius 2 is 2.23 bits per heavy atom. The van der Waals surface area contributed by atoms with Gasteiger partial charge >= 0.3 is 0 Å². The third-order valence-corrected chi connectivity index (χ3v) is 5.09. The Hall–Kier alpha value is -2.61.